The first kappa shape index (κ1) is 7.98. The summed E-state index contributed by atoms with van der Waals surface area (Å²) in [5, 5.41) is 3.33. The lowest BCUT2D eigenvalue weighted by atomic mass is 9.99. The summed E-state index contributed by atoms with van der Waals surface area (Å²) in [6.45, 7) is 1.64. The molecule has 0 bridgehead atoms. The molecule has 0 aromatic rings. The maximum Gasteiger partial charge on any atom is 0.0616 e. The van der Waals surface area contributed by atoms with Crippen molar-refractivity contribution in [3.05, 3.63) is 0 Å². The molecule has 0 unspecified atom stereocenters. The van der Waals surface area contributed by atoms with Crippen LogP contribution in [-0.2, 0) is 9.47 Å². The number of hydrogen-bond donors (Lipinski definition) is 1. The summed E-state index contributed by atoms with van der Waals surface area (Å²) in [6.07, 6.45) is 1.18. The molecule has 3 nitrogen and oxygen atoms in total. The Morgan fingerprint density at radius 2 is 1.60 bits per heavy atom. The Balaban J connectivity index is 1.95. The average molecular weight is 145 g/mol. The quantitative estimate of drug-likeness (QED) is 0.604. The molecule has 1 N–H and O–H groups in total. The van der Waals surface area contributed by atoms with Crippen molar-refractivity contribution >= 4 is 0 Å². The van der Waals surface area contributed by atoms with Crippen molar-refractivity contribution in [3.8, 4) is 0 Å². The highest BCUT2D eigenvalue weighted by atomic mass is 16.5. The maximum atomic E-state index is 4.97. The van der Waals surface area contributed by atoms with E-state index in [1.165, 1.54) is 6.42 Å². The van der Waals surface area contributed by atoms with E-state index in [-0.39, 0.29) is 0 Å². The van der Waals surface area contributed by atoms with Gasteiger partial charge < -0.3 is 14.8 Å². The summed E-state index contributed by atoms with van der Waals surface area (Å²) in [5.74, 6) is 0. The zero-order chi connectivity index (χ0) is 7.40. The van der Waals surface area contributed by atoms with Gasteiger partial charge in [0, 0.05) is 26.3 Å². The summed E-state index contributed by atoms with van der Waals surface area (Å²) in [7, 11) is 3.46. The molecule has 10 heavy (non-hydrogen) atoms. The summed E-state index contributed by atoms with van der Waals surface area (Å²) < 4.78 is 9.94. The van der Waals surface area contributed by atoms with Crippen molar-refractivity contribution in [2.24, 2.45) is 0 Å². The van der Waals surface area contributed by atoms with Crippen molar-refractivity contribution in [3.63, 3.8) is 0 Å². The fourth-order valence-electron chi connectivity index (χ4n) is 1.29. The molecule has 1 saturated heterocycles. The van der Waals surface area contributed by atoms with Crippen molar-refractivity contribution in [1.82, 2.24) is 5.32 Å². The van der Waals surface area contributed by atoms with Crippen molar-refractivity contribution < 1.29 is 9.47 Å². The van der Waals surface area contributed by atoms with Crippen LogP contribution < -0.4 is 5.32 Å². The molecule has 0 amide bonds. The van der Waals surface area contributed by atoms with Crippen molar-refractivity contribution in [1.29, 1.82) is 0 Å². The lowest BCUT2D eigenvalue weighted by molar-refractivity contribution is 0.0709. The number of rotatable bonds is 4. The molecule has 3 heteroatoms. The van der Waals surface area contributed by atoms with Crippen LogP contribution in [0, 0.1) is 0 Å². The molecule has 0 aliphatic carbocycles. The van der Waals surface area contributed by atoms with Crippen LogP contribution in [0.15, 0.2) is 0 Å². The molecule has 2 atom stereocenters. The Labute approximate surface area is 61.7 Å². The normalized spacial score (nSPS) is 31.8. The third-order valence-corrected chi connectivity index (χ3v) is 1.78. The molecule has 1 aliphatic rings. The van der Waals surface area contributed by atoms with E-state index in [9.17, 15) is 0 Å². The van der Waals surface area contributed by atoms with E-state index in [4.69, 9.17) is 9.47 Å². The zero-order valence-corrected chi connectivity index (χ0v) is 6.59. The largest absolute Gasteiger partial charge is 0.383 e. The molecule has 0 aromatic heterocycles. The highest BCUT2D eigenvalue weighted by Gasteiger charge is 2.27. The van der Waals surface area contributed by atoms with Gasteiger partial charge in [-0.25, -0.2) is 0 Å². The third kappa shape index (κ3) is 1.94. The first-order valence-electron chi connectivity index (χ1n) is 3.60. The Bertz CT molecular complexity index is 81.6. The van der Waals surface area contributed by atoms with Gasteiger partial charge in [-0.1, -0.05) is 0 Å². The van der Waals surface area contributed by atoms with Crippen LogP contribution in [0.1, 0.15) is 6.42 Å². The Morgan fingerprint density at radius 1 is 1.20 bits per heavy atom. The SMILES string of the molecule is COC[C@H]1C[C@H](COC)N1. The van der Waals surface area contributed by atoms with Crippen molar-refractivity contribution in [2.75, 3.05) is 27.4 Å². The topological polar surface area (TPSA) is 30.5 Å². The standard InChI is InChI=1S/C7H15NO2/c1-9-4-6-3-7(8-6)5-10-2/h6-8H,3-5H2,1-2H3/t6-,7-/m1/s1. The average Bonchev–Trinajstić information content (AvgIpc) is 1.84. The highest BCUT2D eigenvalue weighted by molar-refractivity contribution is 4.87. The number of ether oxygens (including phenoxy) is 2. The fraction of sp³-hybridized carbons (Fsp3) is 1.00. The Hall–Kier alpha value is -0.120. The van der Waals surface area contributed by atoms with Crippen molar-refractivity contribution in [2.45, 2.75) is 18.5 Å². The molecule has 1 rings (SSSR count). The summed E-state index contributed by atoms with van der Waals surface area (Å²) in [6, 6.07) is 1.12. The van der Waals surface area contributed by atoms with Crippen LogP contribution in [0.2, 0.25) is 0 Å². The second-order valence-corrected chi connectivity index (χ2v) is 2.71. The first-order chi connectivity index (χ1) is 4.86. The van der Waals surface area contributed by atoms with Gasteiger partial charge in [0.1, 0.15) is 0 Å². The van der Waals surface area contributed by atoms with Gasteiger partial charge in [-0.2, -0.15) is 0 Å². The molecule has 1 fully saturated rings. The molecular formula is C7H15NO2. The van der Waals surface area contributed by atoms with E-state index < -0.39 is 0 Å². The van der Waals surface area contributed by atoms with Crippen LogP contribution in [0.25, 0.3) is 0 Å². The van der Waals surface area contributed by atoms with Gasteiger partial charge in [-0.05, 0) is 6.42 Å². The highest BCUT2D eigenvalue weighted by Crippen LogP contribution is 2.11. The van der Waals surface area contributed by atoms with Gasteiger partial charge in [0.15, 0.2) is 0 Å². The smallest absolute Gasteiger partial charge is 0.0616 e. The van der Waals surface area contributed by atoms with Crippen LogP contribution in [0.5, 0.6) is 0 Å². The monoisotopic (exact) mass is 145 g/mol. The lowest BCUT2D eigenvalue weighted by Gasteiger charge is -2.36. The molecule has 1 aliphatic heterocycles. The minimum Gasteiger partial charge on any atom is -0.383 e. The van der Waals surface area contributed by atoms with E-state index in [2.05, 4.69) is 5.32 Å². The number of methoxy groups -OCH3 is 2. The predicted octanol–water partition coefficient (Wildman–Crippen LogP) is 0.00970. The van der Waals surface area contributed by atoms with Gasteiger partial charge >= 0.3 is 0 Å². The molecule has 1 heterocycles. The molecule has 0 aromatic carbocycles. The Kier molecular flexibility index (Phi) is 3.12. The molecular weight excluding hydrogens is 130 g/mol. The minimum absolute atomic E-state index is 0.560. The van der Waals surface area contributed by atoms with E-state index in [0.717, 1.165) is 13.2 Å². The van der Waals surface area contributed by atoms with Gasteiger partial charge in [-0.3, -0.25) is 0 Å². The van der Waals surface area contributed by atoms with Crippen LogP contribution >= 0.6 is 0 Å². The molecule has 60 valence electrons. The summed E-state index contributed by atoms with van der Waals surface area (Å²) >= 11 is 0. The molecule has 0 radical (unpaired) electrons. The summed E-state index contributed by atoms with van der Waals surface area (Å²) in [5.41, 5.74) is 0. The summed E-state index contributed by atoms with van der Waals surface area (Å²) in [4.78, 5) is 0. The van der Waals surface area contributed by atoms with Crippen LogP contribution in [0.4, 0.5) is 0 Å². The fourth-order valence-corrected chi connectivity index (χ4v) is 1.29. The lowest BCUT2D eigenvalue weighted by Crippen LogP contribution is -2.56. The van der Waals surface area contributed by atoms with E-state index in [1.54, 1.807) is 14.2 Å². The van der Waals surface area contributed by atoms with Gasteiger partial charge in [0.2, 0.25) is 0 Å². The third-order valence-electron chi connectivity index (χ3n) is 1.78. The predicted molar refractivity (Wildman–Crippen MR) is 39.1 cm³/mol. The van der Waals surface area contributed by atoms with E-state index in [0.29, 0.717) is 12.1 Å². The maximum absolute atomic E-state index is 4.97. The van der Waals surface area contributed by atoms with Crippen LogP contribution in [0.3, 0.4) is 0 Å². The molecule has 0 saturated carbocycles. The zero-order valence-electron chi connectivity index (χ0n) is 6.59. The second-order valence-electron chi connectivity index (χ2n) is 2.71. The number of nitrogens with one attached hydrogen (secondary N) is 1. The minimum atomic E-state index is 0.560. The van der Waals surface area contributed by atoms with E-state index in [1.807, 2.05) is 0 Å². The van der Waals surface area contributed by atoms with Gasteiger partial charge in [0.05, 0.1) is 13.2 Å². The van der Waals surface area contributed by atoms with Crippen LogP contribution in [-0.4, -0.2) is 39.5 Å². The first-order valence-corrected chi connectivity index (χ1v) is 3.60. The second kappa shape index (κ2) is 3.91. The molecule has 0 spiro atoms. The Morgan fingerprint density at radius 3 is 1.90 bits per heavy atom. The van der Waals surface area contributed by atoms with E-state index >= 15 is 0 Å². The number of hydrogen-bond acceptors (Lipinski definition) is 3. The van der Waals surface area contributed by atoms with Gasteiger partial charge in [-0.15, -0.1) is 0 Å². The van der Waals surface area contributed by atoms with Gasteiger partial charge in [0.25, 0.3) is 0 Å².